The molecule has 1 atom stereocenters. The summed E-state index contributed by atoms with van der Waals surface area (Å²) in [5.74, 6) is 0. The minimum Gasteiger partial charge on any atom is -0.300 e. The Morgan fingerprint density at radius 3 is 2.62 bits per heavy atom. The first-order chi connectivity index (χ1) is 7.81. The van der Waals surface area contributed by atoms with Crippen LogP contribution in [-0.4, -0.2) is 48.6 Å². The van der Waals surface area contributed by atoms with E-state index in [-0.39, 0.29) is 0 Å². The molecule has 0 aromatic rings. The van der Waals surface area contributed by atoms with Crippen molar-refractivity contribution in [2.24, 2.45) is 0 Å². The number of hydrogen-bond acceptors (Lipinski definition) is 3. The maximum atomic E-state index is 8.84. The lowest BCUT2D eigenvalue weighted by Gasteiger charge is -2.43. The van der Waals surface area contributed by atoms with E-state index in [1.807, 2.05) is 0 Å². The van der Waals surface area contributed by atoms with Gasteiger partial charge in [0.25, 0.3) is 0 Å². The molecule has 1 saturated heterocycles. The van der Waals surface area contributed by atoms with E-state index < -0.39 is 0 Å². The molecule has 1 unspecified atom stereocenters. The molecule has 2 fully saturated rings. The molecule has 3 nitrogen and oxygen atoms in total. The summed E-state index contributed by atoms with van der Waals surface area (Å²) in [6.07, 6.45) is 7.66. The zero-order valence-electron chi connectivity index (χ0n) is 10.4. The van der Waals surface area contributed by atoms with Crippen molar-refractivity contribution in [3.63, 3.8) is 0 Å². The van der Waals surface area contributed by atoms with Gasteiger partial charge in [0.15, 0.2) is 0 Å². The number of nitriles is 1. The van der Waals surface area contributed by atoms with Gasteiger partial charge >= 0.3 is 0 Å². The summed E-state index contributed by atoms with van der Waals surface area (Å²) in [4.78, 5) is 4.99. The van der Waals surface area contributed by atoms with Crippen molar-refractivity contribution in [1.82, 2.24) is 9.80 Å². The molecule has 16 heavy (non-hydrogen) atoms. The fraction of sp³-hybridized carbons (Fsp3) is 0.923. The molecule has 0 aromatic carbocycles. The first-order valence-corrected chi connectivity index (χ1v) is 6.62. The van der Waals surface area contributed by atoms with Crippen LogP contribution >= 0.6 is 0 Å². The molecular formula is C13H23N3. The van der Waals surface area contributed by atoms with E-state index in [1.165, 1.54) is 38.6 Å². The second kappa shape index (κ2) is 5.65. The number of rotatable bonds is 2. The summed E-state index contributed by atoms with van der Waals surface area (Å²) in [6, 6.07) is 3.59. The second-order valence-electron chi connectivity index (χ2n) is 5.28. The third-order valence-corrected chi connectivity index (χ3v) is 4.23. The summed E-state index contributed by atoms with van der Waals surface area (Å²) in [7, 11) is 2.15. The third kappa shape index (κ3) is 2.75. The first kappa shape index (κ1) is 11.9. The molecule has 2 rings (SSSR count). The minimum absolute atomic E-state index is 0.459. The van der Waals surface area contributed by atoms with Gasteiger partial charge in [-0.2, -0.15) is 5.26 Å². The summed E-state index contributed by atoms with van der Waals surface area (Å²) in [5.41, 5.74) is 0. The van der Waals surface area contributed by atoms with Crippen LogP contribution in [0.25, 0.3) is 0 Å². The van der Waals surface area contributed by atoms with Crippen molar-refractivity contribution in [3.8, 4) is 6.07 Å². The van der Waals surface area contributed by atoms with E-state index in [0.717, 1.165) is 19.1 Å². The Bertz CT molecular complexity index is 252. The van der Waals surface area contributed by atoms with E-state index in [2.05, 4.69) is 22.9 Å². The largest absolute Gasteiger partial charge is 0.300 e. The molecule has 0 bridgehead atoms. The van der Waals surface area contributed by atoms with Crippen molar-refractivity contribution >= 4 is 0 Å². The molecule has 0 N–H and O–H groups in total. The maximum Gasteiger partial charge on any atom is 0.0638 e. The molecule has 90 valence electrons. The van der Waals surface area contributed by atoms with Crippen LogP contribution in [-0.2, 0) is 0 Å². The van der Waals surface area contributed by atoms with Crippen LogP contribution in [0.2, 0.25) is 0 Å². The SMILES string of the molecule is CN1CCN(C2CCCCC2)CC1CC#N. The standard InChI is InChI=1S/C13H23N3/c1-15-9-10-16(11-13(15)7-8-14)12-5-3-2-4-6-12/h12-13H,2-7,9-11H2,1H3. The van der Waals surface area contributed by atoms with Crippen molar-refractivity contribution in [2.75, 3.05) is 26.7 Å². The quantitative estimate of drug-likeness (QED) is 0.713. The highest BCUT2D eigenvalue weighted by Crippen LogP contribution is 2.24. The molecule has 1 heterocycles. The Labute approximate surface area is 99.0 Å². The third-order valence-electron chi connectivity index (χ3n) is 4.23. The molecule has 0 aromatic heterocycles. The lowest BCUT2D eigenvalue weighted by molar-refractivity contribution is 0.0525. The topological polar surface area (TPSA) is 30.3 Å². The van der Waals surface area contributed by atoms with E-state index >= 15 is 0 Å². The Morgan fingerprint density at radius 1 is 1.19 bits per heavy atom. The number of nitrogens with zero attached hydrogens (tertiary/aromatic N) is 3. The predicted octanol–water partition coefficient (Wildman–Crippen LogP) is 1.85. The zero-order chi connectivity index (χ0) is 11.4. The van der Waals surface area contributed by atoms with Crippen molar-refractivity contribution in [2.45, 2.75) is 50.6 Å². The van der Waals surface area contributed by atoms with Crippen molar-refractivity contribution in [1.29, 1.82) is 5.26 Å². The summed E-state index contributed by atoms with van der Waals surface area (Å²) in [6.45, 7) is 3.43. The molecule has 0 spiro atoms. The Morgan fingerprint density at radius 2 is 1.94 bits per heavy atom. The minimum atomic E-state index is 0.459. The monoisotopic (exact) mass is 221 g/mol. The van der Waals surface area contributed by atoms with E-state index in [0.29, 0.717) is 12.5 Å². The van der Waals surface area contributed by atoms with Gasteiger partial charge in [0.2, 0.25) is 0 Å². The van der Waals surface area contributed by atoms with Crippen LogP contribution in [0, 0.1) is 11.3 Å². The summed E-state index contributed by atoms with van der Waals surface area (Å²) < 4.78 is 0. The lowest BCUT2D eigenvalue weighted by atomic mass is 9.93. The average Bonchev–Trinajstić information content (AvgIpc) is 2.33. The molecular weight excluding hydrogens is 198 g/mol. The van der Waals surface area contributed by atoms with Gasteiger partial charge in [-0.1, -0.05) is 19.3 Å². The van der Waals surface area contributed by atoms with E-state index in [1.54, 1.807) is 0 Å². The van der Waals surface area contributed by atoms with Gasteiger partial charge in [0.1, 0.15) is 0 Å². The van der Waals surface area contributed by atoms with Gasteiger partial charge in [0.05, 0.1) is 12.5 Å². The second-order valence-corrected chi connectivity index (χ2v) is 5.28. The van der Waals surface area contributed by atoms with Crippen molar-refractivity contribution in [3.05, 3.63) is 0 Å². The van der Waals surface area contributed by atoms with Gasteiger partial charge < -0.3 is 0 Å². The summed E-state index contributed by atoms with van der Waals surface area (Å²) in [5, 5.41) is 8.84. The smallest absolute Gasteiger partial charge is 0.0638 e. The number of hydrogen-bond donors (Lipinski definition) is 0. The molecule has 0 amide bonds. The van der Waals surface area contributed by atoms with E-state index in [4.69, 9.17) is 5.26 Å². The lowest BCUT2D eigenvalue weighted by Crippen LogP contribution is -2.54. The van der Waals surface area contributed by atoms with Crippen LogP contribution < -0.4 is 0 Å². The molecule has 0 radical (unpaired) electrons. The Kier molecular flexibility index (Phi) is 4.20. The molecule has 1 saturated carbocycles. The van der Waals surface area contributed by atoms with Gasteiger partial charge in [-0.3, -0.25) is 9.80 Å². The number of likely N-dealkylation sites (N-methyl/N-ethyl adjacent to an activating group) is 1. The van der Waals surface area contributed by atoms with Gasteiger partial charge in [-0.05, 0) is 19.9 Å². The zero-order valence-corrected chi connectivity index (χ0v) is 10.4. The number of piperazine rings is 1. The highest BCUT2D eigenvalue weighted by Gasteiger charge is 2.29. The van der Waals surface area contributed by atoms with Crippen LogP contribution in [0.1, 0.15) is 38.5 Å². The van der Waals surface area contributed by atoms with Crippen molar-refractivity contribution < 1.29 is 0 Å². The highest BCUT2D eigenvalue weighted by molar-refractivity contribution is 4.90. The van der Waals surface area contributed by atoms with Gasteiger partial charge in [0, 0.05) is 31.7 Å². The Balaban J connectivity index is 1.89. The fourth-order valence-corrected chi connectivity index (χ4v) is 3.07. The van der Waals surface area contributed by atoms with Crippen LogP contribution in [0.5, 0.6) is 0 Å². The molecule has 3 heteroatoms. The van der Waals surface area contributed by atoms with Crippen LogP contribution in [0.15, 0.2) is 0 Å². The van der Waals surface area contributed by atoms with Crippen LogP contribution in [0.4, 0.5) is 0 Å². The molecule has 2 aliphatic rings. The normalized spacial score (nSPS) is 30.1. The van der Waals surface area contributed by atoms with Crippen LogP contribution in [0.3, 0.4) is 0 Å². The predicted molar refractivity (Wildman–Crippen MR) is 65.1 cm³/mol. The van der Waals surface area contributed by atoms with E-state index in [9.17, 15) is 0 Å². The molecule has 1 aliphatic heterocycles. The Hall–Kier alpha value is -0.590. The maximum absolute atomic E-state index is 8.84. The van der Waals surface area contributed by atoms with Gasteiger partial charge in [-0.15, -0.1) is 0 Å². The average molecular weight is 221 g/mol. The first-order valence-electron chi connectivity index (χ1n) is 6.62. The van der Waals surface area contributed by atoms with Gasteiger partial charge in [-0.25, -0.2) is 0 Å². The fourth-order valence-electron chi connectivity index (χ4n) is 3.07. The molecule has 1 aliphatic carbocycles. The summed E-state index contributed by atoms with van der Waals surface area (Å²) >= 11 is 0. The highest BCUT2D eigenvalue weighted by atomic mass is 15.3.